The van der Waals surface area contributed by atoms with Crippen LogP contribution in [0.2, 0.25) is 0 Å². The maximum Gasteiger partial charge on any atom is 0.262 e. The number of aromatic nitrogens is 2. The highest BCUT2D eigenvalue weighted by atomic mass is 32.2. The Morgan fingerprint density at radius 1 is 1.57 bits per heavy atom. The van der Waals surface area contributed by atoms with E-state index >= 15 is 0 Å². The molecule has 1 fully saturated rings. The number of hydrogen-bond donors (Lipinski definition) is 1. The first-order valence-corrected chi connectivity index (χ1v) is 9.07. The van der Waals surface area contributed by atoms with Crippen LogP contribution in [0.15, 0.2) is 16.6 Å². The third kappa shape index (κ3) is 2.54. The van der Waals surface area contributed by atoms with Gasteiger partial charge in [0.25, 0.3) is 10.0 Å². The van der Waals surface area contributed by atoms with Crippen molar-refractivity contribution in [3.63, 3.8) is 0 Å². The summed E-state index contributed by atoms with van der Waals surface area (Å²) in [6, 6.07) is 0. The smallest absolute Gasteiger partial charge is 0.262 e. The van der Waals surface area contributed by atoms with Gasteiger partial charge in [-0.25, -0.2) is 13.4 Å². The maximum atomic E-state index is 12.8. The number of nitrogens with zero attached hydrogens (tertiary/aromatic N) is 4. The summed E-state index contributed by atoms with van der Waals surface area (Å²) in [5.74, 6) is 0.430. The largest absolute Gasteiger partial charge is 0.381 e. The van der Waals surface area contributed by atoms with Crippen LogP contribution < -0.4 is 5.73 Å². The lowest BCUT2D eigenvalue weighted by atomic mass is 10.1. The summed E-state index contributed by atoms with van der Waals surface area (Å²) in [5, 5.41) is 1.87. The monoisotopic (exact) mass is 329 g/mol. The van der Waals surface area contributed by atoms with Crippen molar-refractivity contribution in [2.75, 3.05) is 39.5 Å². The van der Waals surface area contributed by atoms with Crippen molar-refractivity contribution < 1.29 is 8.42 Å². The van der Waals surface area contributed by atoms with Crippen LogP contribution in [0.5, 0.6) is 0 Å². The molecule has 116 valence electrons. The Morgan fingerprint density at radius 3 is 3.00 bits per heavy atom. The van der Waals surface area contributed by atoms with Crippen LogP contribution in [-0.2, 0) is 10.0 Å². The molecule has 0 saturated carbocycles. The number of imidazole rings is 1. The van der Waals surface area contributed by atoms with Crippen LogP contribution in [0, 0.1) is 5.92 Å². The zero-order valence-corrected chi connectivity index (χ0v) is 13.7. The Hall–Kier alpha value is -1.16. The van der Waals surface area contributed by atoms with Crippen molar-refractivity contribution in [1.82, 2.24) is 18.6 Å². The van der Waals surface area contributed by atoms with Crippen molar-refractivity contribution in [3.05, 3.63) is 11.6 Å². The first-order valence-electron chi connectivity index (χ1n) is 6.75. The lowest BCUT2D eigenvalue weighted by molar-refractivity contribution is 0.356. The Kier molecular flexibility index (Phi) is 3.68. The van der Waals surface area contributed by atoms with Crippen LogP contribution in [0.4, 0.5) is 5.82 Å². The summed E-state index contributed by atoms with van der Waals surface area (Å²) in [5.41, 5.74) is 5.81. The molecule has 0 aromatic carbocycles. The van der Waals surface area contributed by atoms with Gasteiger partial charge in [-0.3, -0.25) is 4.40 Å². The van der Waals surface area contributed by atoms with Crippen molar-refractivity contribution >= 4 is 32.1 Å². The van der Waals surface area contributed by atoms with E-state index in [0.29, 0.717) is 17.4 Å². The van der Waals surface area contributed by atoms with Crippen LogP contribution in [0.1, 0.15) is 6.42 Å². The molecule has 3 heterocycles. The van der Waals surface area contributed by atoms with Crippen LogP contribution in [0.3, 0.4) is 0 Å². The van der Waals surface area contributed by atoms with E-state index < -0.39 is 10.0 Å². The molecule has 1 unspecified atom stereocenters. The Balaban J connectivity index is 1.89. The molecule has 7 nitrogen and oxygen atoms in total. The first-order chi connectivity index (χ1) is 9.89. The summed E-state index contributed by atoms with van der Waals surface area (Å²) >= 11 is 1.37. The molecule has 2 aromatic heterocycles. The second-order valence-electron chi connectivity index (χ2n) is 5.56. The number of nitrogen functional groups attached to an aromatic ring is 1. The predicted octanol–water partition coefficient (Wildman–Crippen LogP) is 0.550. The summed E-state index contributed by atoms with van der Waals surface area (Å²) in [6.07, 6.45) is 2.71. The van der Waals surface area contributed by atoms with Gasteiger partial charge in [-0.15, -0.1) is 11.3 Å². The Bertz CT molecular complexity index is 751. The SMILES string of the molecule is CN1CCC(CN(C)S(=O)(=O)c2c(N)nc3sccn23)C1. The number of rotatable bonds is 4. The van der Waals surface area contributed by atoms with Crippen LogP contribution >= 0.6 is 11.3 Å². The highest BCUT2D eigenvalue weighted by molar-refractivity contribution is 7.89. The molecule has 0 radical (unpaired) electrons. The topological polar surface area (TPSA) is 83.9 Å². The van der Waals surface area contributed by atoms with Gasteiger partial charge in [-0.1, -0.05) is 0 Å². The molecule has 0 amide bonds. The molecule has 2 N–H and O–H groups in total. The molecule has 1 saturated heterocycles. The summed E-state index contributed by atoms with van der Waals surface area (Å²) in [6.45, 7) is 2.45. The van der Waals surface area contributed by atoms with Gasteiger partial charge in [0, 0.05) is 31.7 Å². The molecule has 1 aliphatic heterocycles. The highest BCUT2D eigenvalue weighted by Crippen LogP contribution is 2.27. The highest BCUT2D eigenvalue weighted by Gasteiger charge is 2.31. The summed E-state index contributed by atoms with van der Waals surface area (Å²) in [4.78, 5) is 6.93. The van der Waals surface area contributed by atoms with E-state index in [2.05, 4.69) is 16.9 Å². The minimum absolute atomic E-state index is 0.0669. The fraction of sp³-hybridized carbons (Fsp3) is 0.583. The Labute approximate surface area is 128 Å². The van der Waals surface area contributed by atoms with Crippen molar-refractivity contribution in [2.24, 2.45) is 5.92 Å². The van der Waals surface area contributed by atoms with E-state index in [1.165, 1.54) is 15.6 Å². The number of sulfonamides is 1. The summed E-state index contributed by atoms with van der Waals surface area (Å²) in [7, 11) is 0.0331. The van der Waals surface area contributed by atoms with Crippen molar-refractivity contribution in [1.29, 1.82) is 0 Å². The van der Waals surface area contributed by atoms with Gasteiger partial charge in [-0.2, -0.15) is 4.31 Å². The van der Waals surface area contributed by atoms with E-state index in [-0.39, 0.29) is 10.8 Å². The third-order valence-corrected chi connectivity index (χ3v) is 6.52. The molecule has 0 bridgehead atoms. The van der Waals surface area contributed by atoms with Crippen LogP contribution in [-0.4, -0.2) is 60.7 Å². The van der Waals surface area contributed by atoms with E-state index in [4.69, 9.17) is 5.73 Å². The number of likely N-dealkylation sites (tertiary alicyclic amines) is 1. The number of anilines is 1. The van der Waals surface area contributed by atoms with Gasteiger partial charge in [0.2, 0.25) is 0 Å². The molecule has 3 rings (SSSR count). The Morgan fingerprint density at radius 2 is 2.33 bits per heavy atom. The molecule has 21 heavy (non-hydrogen) atoms. The van der Waals surface area contributed by atoms with E-state index in [9.17, 15) is 8.42 Å². The molecule has 0 spiro atoms. The summed E-state index contributed by atoms with van der Waals surface area (Å²) < 4.78 is 28.5. The molecule has 1 aliphatic rings. The number of nitrogens with two attached hydrogens (primary N) is 1. The number of fused-ring (bicyclic) bond motifs is 1. The van der Waals surface area contributed by atoms with Gasteiger partial charge in [0.1, 0.15) is 0 Å². The average molecular weight is 329 g/mol. The van der Waals surface area contributed by atoms with Gasteiger partial charge in [-0.05, 0) is 25.9 Å². The molecule has 9 heteroatoms. The fourth-order valence-corrected chi connectivity index (χ4v) is 5.01. The average Bonchev–Trinajstić information content (AvgIpc) is 3.05. The van der Waals surface area contributed by atoms with Gasteiger partial charge in [0.15, 0.2) is 15.8 Å². The van der Waals surface area contributed by atoms with E-state index in [0.717, 1.165) is 19.5 Å². The van der Waals surface area contributed by atoms with Gasteiger partial charge >= 0.3 is 0 Å². The lowest BCUT2D eigenvalue weighted by Gasteiger charge is -2.20. The standard InChI is InChI=1S/C12H19N5O2S2/c1-15-4-3-9(7-15)8-16(2)21(18,19)11-10(13)14-12-17(11)5-6-20-12/h5-6,9H,3-4,7-8,13H2,1-2H3. The minimum Gasteiger partial charge on any atom is -0.381 e. The van der Waals surface area contributed by atoms with Crippen molar-refractivity contribution in [2.45, 2.75) is 11.4 Å². The molecule has 0 aliphatic carbocycles. The molecule has 1 atom stereocenters. The molecule has 2 aromatic rings. The normalized spacial score (nSPS) is 20.8. The van der Waals surface area contributed by atoms with Crippen molar-refractivity contribution in [3.8, 4) is 0 Å². The fourth-order valence-electron chi connectivity index (χ4n) is 2.82. The van der Waals surface area contributed by atoms with E-state index in [1.54, 1.807) is 23.0 Å². The quantitative estimate of drug-likeness (QED) is 0.885. The zero-order valence-electron chi connectivity index (χ0n) is 12.1. The predicted molar refractivity (Wildman–Crippen MR) is 82.9 cm³/mol. The van der Waals surface area contributed by atoms with E-state index in [1.807, 2.05) is 0 Å². The van der Waals surface area contributed by atoms with Gasteiger partial charge in [0.05, 0.1) is 0 Å². The minimum atomic E-state index is -3.63. The number of hydrogen-bond acceptors (Lipinski definition) is 6. The molecular weight excluding hydrogens is 310 g/mol. The van der Waals surface area contributed by atoms with Gasteiger partial charge < -0.3 is 10.6 Å². The zero-order chi connectivity index (χ0) is 15.2. The second-order valence-corrected chi connectivity index (χ2v) is 8.39. The molecular formula is C12H19N5O2S2. The first kappa shape index (κ1) is 14.8. The van der Waals surface area contributed by atoms with Crippen LogP contribution in [0.25, 0.3) is 4.96 Å². The third-order valence-electron chi connectivity index (χ3n) is 3.90. The maximum absolute atomic E-state index is 12.8. The lowest BCUT2D eigenvalue weighted by Crippen LogP contribution is -2.33. The number of thiazole rings is 1. The second kappa shape index (κ2) is 5.24.